The Bertz CT molecular complexity index is 1210. The Morgan fingerprint density at radius 1 is 1.00 bits per heavy atom. The van der Waals surface area contributed by atoms with Crippen LogP contribution < -0.4 is 15.6 Å². The lowest BCUT2D eigenvalue weighted by molar-refractivity contribution is -0.148. The number of ether oxygens (including phenoxy) is 1. The number of esters is 1. The Balaban J connectivity index is 1.51. The van der Waals surface area contributed by atoms with Crippen LogP contribution in [0, 0.1) is 23.2 Å². The van der Waals surface area contributed by atoms with Crippen molar-refractivity contribution in [1.82, 2.24) is 20.4 Å². The summed E-state index contributed by atoms with van der Waals surface area (Å²) in [6, 6.07) is 0. The molecule has 7 nitrogen and oxygen atoms in total. The number of carbonyl (C=O) groups excluding carboxylic acids is 1. The van der Waals surface area contributed by atoms with Crippen molar-refractivity contribution in [2.24, 2.45) is 23.2 Å². The Labute approximate surface area is 235 Å². The fraction of sp³-hybridized carbons (Fsp3) is 0.774. The molecule has 8 heteroatoms. The second-order valence-corrected chi connectivity index (χ2v) is 17.4. The molecular weight excluding hydrogens is 507 g/mol. The molecule has 5 rings (SSSR count). The number of rotatable bonds is 4. The average Bonchev–Trinajstić information content (AvgIpc) is 3.09. The highest BCUT2D eigenvalue weighted by molar-refractivity contribution is 7.67. The van der Waals surface area contributed by atoms with Gasteiger partial charge in [0.15, 0.2) is 5.44 Å². The summed E-state index contributed by atoms with van der Waals surface area (Å²) >= 11 is 0. The van der Waals surface area contributed by atoms with Crippen LogP contribution in [0.2, 0.25) is 0 Å². The molecule has 0 saturated heterocycles. The van der Waals surface area contributed by atoms with E-state index in [0.29, 0.717) is 23.2 Å². The number of aromatic nitrogens is 2. The van der Waals surface area contributed by atoms with E-state index in [1.165, 1.54) is 23.6 Å². The zero-order valence-electron chi connectivity index (χ0n) is 25.5. The van der Waals surface area contributed by atoms with Gasteiger partial charge in [-0.2, -0.15) is 5.10 Å². The first-order valence-electron chi connectivity index (χ1n) is 14.9. The van der Waals surface area contributed by atoms with Gasteiger partial charge >= 0.3 is 5.97 Å². The first-order chi connectivity index (χ1) is 18.0. The number of nitrogens with one attached hydrogen (secondary N) is 2. The van der Waals surface area contributed by atoms with Crippen LogP contribution in [0.15, 0.2) is 17.8 Å². The number of carbonyl (C=O) groups is 1. The zero-order chi connectivity index (χ0) is 28.6. The molecule has 0 aromatic carbocycles. The number of hydrogen-bond donors (Lipinski definition) is 2. The predicted octanol–water partition coefficient (Wildman–Crippen LogP) is 5.98. The van der Waals surface area contributed by atoms with Gasteiger partial charge in [0.2, 0.25) is 0 Å². The van der Waals surface area contributed by atoms with Crippen LogP contribution in [-0.2, 0) is 25.9 Å². The molecule has 0 radical (unpaired) electrons. The normalized spacial score (nSPS) is 34.3. The lowest BCUT2D eigenvalue weighted by Gasteiger charge is -2.57. The van der Waals surface area contributed by atoms with Gasteiger partial charge in [0.05, 0.1) is 6.20 Å². The number of allylic oxidation sites excluding steroid dienone is 1. The van der Waals surface area contributed by atoms with Crippen molar-refractivity contribution < 1.29 is 14.1 Å². The zero-order valence-corrected chi connectivity index (χ0v) is 26.4. The second kappa shape index (κ2) is 9.49. The third-order valence-corrected chi connectivity index (χ3v) is 12.9. The van der Waals surface area contributed by atoms with Gasteiger partial charge in [-0.3, -0.25) is 9.36 Å². The molecule has 39 heavy (non-hydrogen) atoms. The molecule has 1 aromatic heterocycles. The van der Waals surface area contributed by atoms with Gasteiger partial charge in [0.25, 0.3) is 7.44 Å². The maximum Gasteiger partial charge on any atom is 0.302 e. The summed E-state index contributed by atoms with van der Waals surface area (Å²) < 4.78 is 20.5. The molecule has 1 heterocycles. The van der Waals surface area contributed by atoms with Gasteiger partial charge in [-0.1, -0.05) is 25.5 Å². The van der Waals surface area contributed by atoms with Gasteiger partial charge in [-0.25, -0.2) is 10.2 Å². The fourth-order valence-corrected chi connectivity index (χ4v) is 11.7. The summed E-state index contributed by atoms with van der Waals surface area (Å²) in [5.41, 5.74) is 3.87. The summed E-state index contributed by atoms with van der Waals surface area (Å²) in [6.07, 6.45) is 11.6. The molecule has 2 N–H and O–H groups in total. The van der Waals surface area contributed by atoms with Crippen molar-refractivity contribution >= 4 is 18.8 Å². The summed E-state index contributed by atoms with van der Waals surface area (Å²) in [5, 5.41) is 16.0. The van der Waals surface area contributed by atoms with Gasteiger partial charge in [0, 0.05) is 24.4 Å². The van der Waals surface area contributed by atoms with Crippen LogP contribution in [0.5, 0.6) is 0 Å². The Morgan fingerprint density at radius 2 is 1.64 bits per heavy atom. The van der Waals surface area contributed by atoms with Crippen molar-refractivity contribution in [3.63, 3.8) is 0 Å². The van der Waals surface area contributed by atoms with E-state index in [2.05, 4.69) is 81.8 Å². The largest absolute Gasteiger partial charge is 0.462 e. The fourth-order valence-electron chi connectivity index (χ4n) is 8.69. The average molecular weight is 557 g/mol. The minimum atomic E-state index is -3.28. The predicted molar refractivity (Wildman–Crippen MR) is 156 cm³/mol. The van der Waals surface area contributed by atoms with Crippen LogP contribution in [-0.4, -0.2) is 33.3 Å². The van der Waals surface area contributed by atoms with Crippen LogP contribution in [0.1, 0.15) is 112 Å². The lowest BCUT2D eigenvalue weighted by atomic mass is 9.47. The summed E-state index contributed by atoms with van der Waals surface area (Å²) in [4.78, 5) is 11.6. The van der Waals surface area contributed by atoms with E-state index in [-0.39, 0.29) is 34.0 Å². The molecule has 0 aliphatic heterocycles. The highest BCUT2D eigenvalue weighted by Gasteiger charge is 2.59. The molecule has 4 aliphatic rings. The van der Waals surface area contributed by atoms with Crippen molar-refractivity contribution in [3.8, 4) is 0 Å². The lowest BCUT2D eigenvalue weighted by Crippen LogP contribution is -2.53. The van der Waals surface area contributed by atoms with Gasteiger partial charge in [-0.15, -0.1) is 5.10 Å². The molecule has 6 atom stereocenters. The van der Waals surface area contributed by atoms with Crippen molar-refractivity contribution in [2.45, 2.75) is 130 Å². The van der Waals surface area contributed by atoms with E-state index >= 15 is 0 Å². The minimum Gasteiger partial charge on any atom is -0.462 e. The highest BCUT2D eigenvalue weighted by Crippen LogP contribution is 2.64. The van der Waals surface area contributed by atoms with E-state index in [1.54, 1.807) is 0 Å². The molecule has 216 valence electrons. The molecule has 0 bridgehead atoms. The Kier molecular flexibility index (Phi) is 7.05. The quantitative estimate of drug-likeness (QED) is 0.268. The van der Waals surface area contributed by atoms with Crippen LogP contribution in [0.4, 0.5) is 0 Å². The maximum absolute atomic E-state index is 14.9. The molecule has 2 saturated carbocycles. The SMILES string of the molecule is CC(=O)O[C@H]1CC[C@@]2(C)C(=CC[C@@H]3[C@@H]2CC[C@]2(C)c4c(cnnc4P(=O)(NC(C)(C)C)NC(C)(C)C)C[C@@H]32)C1. The number of hydrogen-bond acceptors (Lipinski definition) is 5. The number of nitrogens with zero attached hydrogens (tertiary/aromatic N) is 2. The van der Waals surface area contributed by atoms with Crippen molar-refractivity contribution in [2.75, 3.05) is 0 Å². The van der Waals surface area contributed by atoms with E-state index in [0.717, 1.165) is 44.9 Å². The molecule has 2 fully saturated rings. The number of fused-ring (bicyclic) bond motifs is 7. The smallest absolute Gasteiger partial charge is 0.302 e. The van der Waals surface area contributed by atoms with Gasteiger partial charge in [0.1, 0.15) is 6.10 Å². The Morgan fingerprint density at radius 3 is 2.26 bits per heavy atom. The van der Waals surface area contributed by atoms with E-state index in [4.69, 9.17) is 4.74 Å². The first-order valence-corrected chi connectivity index (χ1v) is 16.6. The third kappa shape index (κ3) is 5.17. The van der Waals surface area contributed by atoms with E-state index in [9.17, 15) is 9.36 Å². The highest BCUT2D eigenvalue weighted by atomic mass is 31.2. The third-order valence-electron chi connectivity index (χ3n) is 9.99. The molecule has 1 aromatic rings. The molecule has 0 amide bonds. The molecular formula is C31H49N4O3P. The monoisotopic (exact) mass is 556 g/mol. The minimum absolute atomic E-state index is 0.0162. The summed E-state index contributed by atoms with van der Waals surface area (Å²) in [5.74, 6) is 1.47. The second-order valence-electron chi connectivity index (χ2n) is 15.3. The Hall–Kier alpha value is -1.56. The van der Waals surface area contributed by atoms with Crippen LogP contribution >= 0.6 is 7.44 Å². The topological polar surface area (TPSA) is 93.2 Å². The maximum atomic E-state index is 14.9. The van der Waals surface area contributed by atoms with Crippen molar-refractivity contribution in [3.05, 3.63) is 29.0 Å². The van der Waals surface area contributed by atoms with Crippen molar-refractivity contribution in [1.29, 1.82) is 0 Å². The van der Waals surface area contributed by atoms with E-state index in [1.807, 2.05) is 6.20 Å². The molecule has 0 unspecified atom stereocenters. The first kappa shape index (κ1) is 29.0. The molecule has 4 aliphatic carbocycles. The van der Waals surface area contributed by atoms with Gasteiger partial charge < -0.3 is 4.74 Å². The van der Waals surface area contributed by atoms with E-state index < -0.39 is 7.44 Å². The summed E-state index contributed by atoms with van der Waals surface area (Å²) in [7, 11) is -3.28. The summed E-state index contributed by atoms with van der Waals surface area (Å²) in [6.45, 7) is 18.7. The molecule has 0 spiro atoms. The standard InChI is InChI=1S/C31H49N4O3P/c1-19(36)38-22-12-14-30(8)21(17-22)10-11-23-24(30)13-15-31(9)25(23)16-20-18-32-33-27(26(20)31)39(37,34-28(2,3)4)35-29(5,6)7/h10,18,22-25H,11-17H2,1-9H3,(H2,34,35,37)/t22-,23+,24-,25-,30-,31-/m0/s1. The van der Waals surface area contributed by atoms with Gasteiger partial charge in [-0.05, 0) is 120 Å². The van der Waals surface area contributed by atoms with Crippen LogP contribution in [0.25, 0.3) is 0 Å². The van der Waals surface area contributed by atoms with Crippen LogP contribution in [0.3, 0.4) is 0 Å².